The van der Waals surface area contributed by atoms with Gasteiger partial charge in [-0.3, -0.25) is 19.5 Å². The van der Waals surface area contributed by atoms with Crippen molar-refractivity contribution in [3.05, 3.63) is 101 Å². The van der Waals surface area contributed by atoms with Gasteiger partial charge in [-0.1, -0.05) is 24.3 Å². The highest BCUT2D eigenvalue weighted by atomic mass is 16.5. The number of amides is 2. The molecular weight excluding hydrogens is 464 g/mol. The van der Waals surface area contributed by atoms with Gasteiger partial charge < -0.3 is 14.6 Å². The number of benzene rings is 2. The Kier molecular flexibility index (Phi) is 5.56. The number of ether oxygens (including phenoxy) is 1. The van der Waals surface area contributed by atoms with Gasteiger partial charge in [0.05, 0.1) is 17.6 Å². The maximum atomic E-state index is 13.7. The van der Waals surface area contributed by atoms with Crippen molar-refractivity contribution >= 4 is 28.4 Å². The van der Waals surface area contributed by atoms with Crippen LogP contribution in [0.4, 0.5) is 5.69 Å². The number of hydrogen-bond acceptors (Lipinski definition) is 5. The Morgan fingerprint density at radius 3 is 2.76 bits per heavy atom. The van der Waals surface area contributed by atoms with Crippen LogP contribution in [0.3, 0.4) is 0 Å². The molecule has 0 spiro atoms. The molecule has 2 aromatic carbocycles. The predicted octanol–water partition coefficient (Wildman–Crippen LogP) is 5.40. The van der Waals surface area contributed by atoms with Crippen molar-refractivity contribution in [2.75, 3.05) is 11.9 Å². The molecule has 7 nitrogen and oxygen atoms in total. The first kappa shape index (κ1) is 23.0. The van der Waals surface area contributed by atoms with Gasteiger partial charge in [-0.05, 0) is 55.3 Å². The molecule has 4 heterocycles. The number of rotatable bonds is 5. The zero-order chi connectivity index (χ0) is 25.7. The fraction of sp³-hybridized carbons (Fsp3) is 0.233. The second-order valence-corrected chi connectivity index (χ2v) is 9.87. The first-order valence-corrected chi connectivity index (χ1v) is 12.5. The van der Waals surface area contributed by atoms with Gasteiger partial charge in [-0.2, -0.15) is 0 Å². The van der Waals surface area contributed by atoms with Gasteiger partial charge in [0.1, 0.15) is 12.4 Å². The highest BCUT2D eigenvalue weighted by Gasteiger charge is 2.41. The Morgan fingerprint density at radius 1 is 1.16 bits per heavy atom. The lowest BCUT2D eigenvalue weighted by Gasteiger charge is -2.20. The van der Waals surface area contributed by atoms with E-state index in [1.165, 1.54) is 11.8 Å². The van der Waals surface area contributed by atoms with E-state index < -0.39 is 0 Å². The fourth-order valence-corrected chi connectivity index (χ4v) is 5.44. The molecule has 0 bridgehead atoms. The summed E-state index contributed by atoms with van der Waals surface area (Å²) in [6.45, 7) is 6.38. The van der Waals surface area contributed by atoms with Crippen LogP contribution in [-0.2, 0) is 16.2 Å². The maximum Gasteiger partial charge on any atom is 0.259 e. The van der Waals surface area contributed by atoms with Gasteiger partial charge in [0.15, 0.2) is 0 Å². The normalized spacial score (nSPS) is 16.7. The quantitative estimate of drug-likeness (QED) is 0.404. The van der Waals surface area contributed by atoms with E-state index in [-0.39, 0.29) is 30.3 Å². The molecule has 2 aliphatic rings. The summed E-state index contributed by atoms with van der Waals surface area (Å²) in [5.74, 6) is -0.153. The van der Waals surface area contributed by atoms with Gasteiger partial charge in [0, 0.05) is 59.8 Å². The van der Waals surface area contributed by atoms with Crippen LogP contribution in [0, 0.1) is 0 Å². The van der Waals surface area contributed by atoms with Gasteiger partial charge in [-0.15, -0.1) is 0 Å². The van der Waals surface area contributed by atoms with Crippen LogP contribution in [0.2, 0.25) is 0 Å². The van der Waals surface area contributed by atoms with E-state index in [0.717, 1.165) is 39.0 Å². The molecule has 0 aliphatic carbocycles. The Morgan fingerprint density at radius 2 is 2.00 bits per heavy atom. The summed E-state index contributed by atoms with van der Waals surface area (Å²) in [6.07, 6.45) is 5.68. The minimum Gasteiger partial charge on any atom is -0.489 e. The predicted molar refractivity (Wildman–Crippen MR) is 142 cm³/mol. The lowest BCUT2D eigenvalue weighted by molar-refractivity contribution is -0.139. The number of carbonyl (C=O) groups excluding carboxylic acids is 2. The molecule has 0 unspecified atom stereocenters. The topological polar surface area (TPSA) is 76.5 Å². The number of imide groups is 1. The summed E-state index contributed by atoms with van der Waals surface area (Å²) in [7, 11) is 0. The Labute approximate surface area is 215 Å². The molecule has 0 fully saturated rings. The summed E-state index contributed by atoms with van der Waals surface area (Å²) in [5.41, 5.74) is 6.40. The molecule has 0 radical (unpaired) electrons. The lowest BCUT2D eigenvalue weighted by atomic mass is 9.84. The van der Waals surface area contributed by atoms with Crippen molar-refractivity contribution in [3.63, 3.8) is 0 Å². The molecule has 7 heteroatoms. The van der Waals surface area contributed by atoms with Crippen molar-refractivity contribution in [1.29, 1.82) is 0 Å². The number of pyridine rings is 1. The zero-order valence-electron chi connectivity index (χ0n) is 21.1. The molecular formula is C30H28N4O3. The average Bonchev–Trinajstić information content (AvgIpc) is 3.39. The van der Waals surface area contributed by atoms with Gasteiger partial charge >= 0.3 is 0 Å². The van der Waals surface area contributed by atoms with E-state index in [4.69, 9.17) is 4.74 Å². The molecule has 2 aromatic heterocycles. The van der Waals surface area contributed by atoms with E-state index in [2.05, 4.69) is 41.0 Å². The SMILES string of the molecule is CC(=O)N1CC2=C(C1=O)[C@H](c1cccc(OCc3cccnc3)c1)c1cn(C(C)C)c3cccc(c13)N2. The number of hydrogen-bond donors (Lipinski definition) is 1. The largest absolute Gasteiger partial charge is 0.489 e. The van der Waals surface area contributed by atoms with Crippen LogP contribution in [0.1, 0.15) is 49.4 Å². The molecule has 37 heavy (non-hydrogen) atoms. The van der Waals surface area contributed by atoms with Crippen molar-refractivity contribution < 1.29 is 14.3 Å². The summed E-state index contributed by atoms with van der Waals surface area (Å²) in [6, 6.07) is 18.2. The van der Waals surface area contributed by atoms with Crippen LogP contribution < -0.4 is 10.1 Å². The lowest BCUT2D eigenvalue weighted by Crippen LogP contribution is -2.33. The molecule has 0 saturated heterocycles. The van der Waals surface area contributed by atoms with E-state index in [9.17, 15) is 9.59 Å². The van der Waals surface area contributed by atoms with Crippen LogP contribution in [0.5, 0.6) is 5.75 Å². The Bertz CT molecular complexity index is 1570. The summed E-state index contributed by atoms with van der Waals surface area (Å²) < 4.78 is 8.36. The minimum atomic E-state index is -0.354. The third-order valence-corrected chi connectivity index (χ3v) is 7.15. The third kappa shape index (κ3) is 3.87. The van der Waals surface area contributed by atoms with Crippen molar-refractivity contribution in [1.82, 2.24) is 14.5 Å². The van der Waals surface area contributed by atoms with E-state index in [1.54, 1.807) is 12.4 Å². The monoisotopic (exact) mass is 492 g/mol. The van der Waals surface area contributed by atoms with Gasteiger partial charge in [-0.25, -0.2) is 0 Å². The van der Waals surface area contributed by atoms with Gasteiger partial charge in [0.25, 0.3) is 5.91 Å². The Balaban J connectivity index is 1.50. The highest BCUT2D eigenvalue weighted by Crippen LogP contribution is 2.47. The number of aromatic nitrogens is 2. The van der Waals surface area contributed by atoms with Crippen molar-refractivity contribution in [2.45, 2.75) is 39.3 Å². The number of nitrogens with zero attached hydrogens (tertiary/aromatic N) is 3. The standard InChI is InChI=1S/C30H28N4O3/c1-18(2)33-15-23-27(21-8-4-9-22(13-21)37-17-20-7-6-12-31-14-20)29-25(16-34(19(3)35)30(29)36)32-24-10-5-11-26(33)28(23)24/h4-15,18,27,32H,16-17H2,1-3H3/t27-/m1/s1. The molecule has 1 N–H and O–H groups in total. The molecule has 1 atom stereocenters. The number of nitrogens with one attached hydrogen (secondary N) is 1. The first-order chi connectivity index (χ1) is 17.9. The fourth-order valence-electron chi connectivity index (χ4n) is 5.44. The van der Waals surface area contributed by atoms with E-state index >= 15 is 0 Å². The van der Waals surface area contributed by atoms with Crippen molar-refractivity contribution in [2.24, 2.45) is 0 Å². The summed E-state index contributed by atoms with van der Waals surface area (Å²) >= 11 is 0. The molecule has 2 amide bonds. The van der Waals surface area contributed by atoms with Crippen LogP contribution in [-0.4, -0.2) is 32.8 Å². The van der Waals surface area contributed by atoms with Crippen LogP contribution in [0.15, 0.2) is 84.5 Å². The van der Waals surface area contributed by atoms with E-state index in [0.29, 0.717) is 17.9 Å². The average molecular weight is 493 g/mol. The smallest absolute Gasteiger partial charge is 0.259 e. The van der Waals surface area contributed by atoms with Crippen molar-refractivity contribution in [3.8, 4) is 5.75 Å². The molecule has 2 aliphatic heterocycles. The number of anilines is 1. The minimum absolute atomic E-state index is 0.238. The zero-order valence-corrected chi connectivity index (χ0v) is 21.1. The Hall–Kier alpha value is -4.39. The summed E-state index contributed by atoms with van der Waals surface area (Å²) in [5, 5.41) is 4.62. The molecule has 6 rings (SSSR count). The molecule has 186 valence electrons. The molecule has 0 saturated carbocycles. The number of carbonyl (C=O) groups is 2. The highest BCUT2D eigenvalue weighted by molar-refractivity contribution is 6.11. The van der Waals surface area contributed by atoms with E-state index in [1.807, 2.05) is 48.5 Å². The summed E-state index contributed by atoms with van der Waals surface area (Å²) in [4.78, 5) is 31.5. The maximum absolute atomic E-state index is 13.7. The van der Waals surface area contributed by atoms with Gasteiger partial charge in [0.2, 0.25) is 5.91 Å². The van der Waals surface area contributed by atoms with Crippen LogP contribution in [0.25, 0.3) is 10.9 Å². The molecule has 4 aromatic rings. The third-order valence-electron chi connectivity index (χ3n) is 7.15. The first-order valence-electron chi connectivity index (χ1n) is 12.5. The van der Waals surface area contributed by atoms with Crippen LogP contribution >= 0.6 is 0 Å². The second kappa shape index (κ2) is 8.92. The second-order valence-electron chi connectivity index (χ2n) is 9.87.